The molecule has 4 aromatic heterocycles. The van der Waals surface area contributed by atoms with E-state index in [-0.39, 0.29) is 0 Å². The second-order valence-corrected chi connectivity index (χ2v) is 8.27. The molecule has 6 heteroatoms. The number of aromatic nitrogens is 6. The summed E-state index contributed by atoms with van der Waals surface area (Å²) in [4.78, 5) is 27.3. The SMILES string of the molecule is [c]1nc2ccc(-c3ccc[nH]3)c(-c3ncc4ccccc4n3)c2nc1-c1ccc2ccccc2n1. The van der Waals surface area contributed by atoms with Crippen molar-refractivity contribution in [3.63, 3.8) is 0 Å². The van der Waals surface area contributed by atoms with Crippen molar-refractivity contribution in [1.29, 1.82) is 0 Å². The van der Waals surface area contributed by atoms with Gasteiger partial charge in [0.15, 0.2) is 5.82 Å². The molecule has 0 saturated carbocycles. The third kappa shape index (κ3) is 3.31. The highest BCUT2D eigenvalue weighted by atomic mass is 14.9. The fraction of sp³-hybridized carbons (Fsp3) is 0. The van der Waals surface area contributed by atoms with Gasteiger partial charge < -0.3 is 4.98 Å². The zero-order chi connectivity index (χ0) is 23.2. The molecule has 0 bridgehead atoms. The van der Waals surface area contributed by atoms with E-state index in [1.165, 1.54) is 0 Å². The maximum atomic E-state index is 5.00. The highest BCUT2D eigenvalue weighted by molar-refractivity contribution is 5.99. The van der Waals surface area contributed by atoms with Gasteiger partial charge in [0, 0.05) is 34.4 Å². The highest BCUT2D eigenvalue weighted by Crippen LogP contribution is 2.35. The number of rotatable bonds is 3. The molecule has 0 spiro atoms. The molecule has 1 N–H and O–H groups in total. The summed E-state index contributed by atoms with van der Waals surface area (Å²) in [6.45, 7) is 0. The van der Waals surface area contributed by atoms with Crippen molar-refractivity contribution >= 4 is 32.8 Å². The predicted octanol–water partition coefficient (Wildman–Crippen LogP) is 6.25. The first-order chi connectivity index (χ1) is 17.3. The molecule has 163 valence electrons. The number of para-hydroxylation sites is 2. The highest BCUT2D eigenvalue weighted by Gasteiger charge is 2.18. The molecule has 6 nitrogen and oxygen atoms in total. The van der Waals surface area contributed by atoms with Crippen molar-refractivity contribution in [2.45, 2.75) is 0 Å². The molecule has 0 aliphatic rings. The van der Waals surface area contributed by atoms with Crippen LogP contribution in [0.3, 0.4) is 0 Å². The molecule has 0 fully saturated rings. The number of hydrogen-bond acceptors (Lipinski definition) is 5. The lowest BCUT2D eigenvalue weighted by molar-refractivity contribution is 1.21. The normalized spacial score (nSPS) is 11.4. The number of hydrogen-bond donors (Lipinski definition) is 1. The number of nitrogens with one attached hydrogen (secondary N) is 1. The Labute approximate surface area is 200 Å². The first-order valence-electron chi connectivity index (χ1n) is 11.3. The van der Waals surface area contributed by atoms with Crippen molar-refractivity contribution in [2.75, 3.05) is 0 Å². The predicted molar refractivity (Wildman–Crippen MR) is 137 cm³/mol. The minimum absolute atomic E-state index is 0.578. The third-order valence-corrected chi connectivity index (χ3v) is 6.10. The molecule has 0 amide bonds. The van der Waals surface area contributed by atoms with Gasteiger partial charge in [0.25, 0.3) is 0 Å². The Kier molecular flexibility index (Phi) is 4.35. The lowest BCUT2D eigenvalue weighted by atomic mass is 10.0. The van der Waals surface area contributed by atoms with E-state index in [9.17, 15) is 0 Å². The van der Waals surface area contributed by atoms with Crippen LogP contribution < -0.4 is 0 Å². The topological polar surface area (TPSA) is 80.2 Å². The molecule has 0 atom stereocenters. The Bertz CT molecular complexity index is 1860. The molecular formula is C29H17N6. The van der Waals surface area contributed by atoms with E-state index in [0.717, 1.165) is 44.1 Å². The molecule has 0 aliphatic carbocycles. The largest absolute Gasteiger partial charge is 0.361 e. The van der Waals surface area contributed by atoms with Gasteiger partial charge in [-0.15, -0.1) is 0 Å². The van der Waals surface area contributed by atoms with Gasteiger partial charge in [-0.1, -0.05) is 42.5 Å². The molecule has 0 aliphatic heterocycles. The van der Waals surface area contributed by atoms with E-state index in [0.29, 0.717) is 22.7 Å². The quantitative estimate of drug-likeness (QED) is 0.345. The van der Waals surface area contributed by atoms with Gasteiger partial charge in [-0.25, -0.2) is 24.9 Å². The van der Waals surface area contributed by atoms with Crippen LogP contribution in [0, 0.1) is 6.20 Å². The number of nitrogens with zero attached hydrogens (tertiary/aromatic N) is 5. The maximum absolute atomic E-state index is 5.00. The lowest BCUT2D eigenvalue weighted by Gasteiger charge is -2.12. The van der Waals surface area contributed by atoms with Gasteiger partial charge in [0.2, 0.25) is 0 Å². The van der Waals surface area contributed by atoms with Crippen molar-refractivity contribution in [3.8, 4) is 34.0 Å². The second kappa shape index (κ2) is 7.81. The van der Waals surface area contributed by atoms with Crippen LogP contribution in [0.5, 0.6) is 0 Å². The maximum Gasteiger partial charge on any atom is 0.162 e. The van der Waals surface area contributed by atoms with Gasteiger partial charge in [-0.05, 0) is 42.5 Å². The van der Waals surface area contributed by atoms with Crippen LogP contribution in [0.2, 0.25) is 0 Å². The fourth-order valence-corrected chi connectivity index (χ4v) is 4.39. The van der Waals surface area contributed by atoms with Crippen LogP contribution in [0.4, 0.5) is 0 Å². The Morgan fingerprint density at radius 2 is 1.49 bits per heavy atom. The summed E-state index contributed by atoms with van der Waals surface area (Å²) in [5, 5.41) is 2.06. The minimum Gasteiger partial charge on any atom is -0.361 e. The molecule has 7 aromatic rings. The van der Waals surface area contributed by atoms with E-state index in [4.69, 9.17) is 19.9 Å². The molecule has 3 aromatic carbocycles. The van der Waals surface area contributed by atoms with Crippen LogP contribution in [0.15, 0.2) is 97.3 Å². The Morgan fingerprint density at radius 1 is 0.657 bits per heavy atom. The smallest absolute Gasteiger partial charge is 0.162 e. The van der Waals surface area contributed by atoms with E-state index >= 15 is 0 Å². The second-order valence-electron chi connectivity index (χ2n) is 8.27. The number of H-pyrrole nitrogens is 1. The van der Waals surface area contributed by atoms with Crippen LogP contribution >= 0.6 is 0 Å². The van der Waals surface area contributed by atoms with Crippen molar-refractivity contribution in [1.82, 2.24) is 29.9 Å². The summed E-state index contributed by atoms with van der Waals surface area (Å²) < 4.78 is 0. The summed E-state index contributed by atoms with van der Waals surface area (Å²) in [6, 6.07) is 28.0. The van der Waals surface area contributed by atoms with Crippen LogP contribution in [-0.4, -0.2) is 29.9 Å². The summed E-state index contributed by atoms with van der Waals surface area (Å²) in [5.74, 6) is 0.594. The number of pyridine rings is 1. The third-order valence-electron chi connectivity index (χ3n) is 6.10. The van der Waals surface area contributed by atoms with Gasteiger partial charge in [-0.2, -0.15) is 0 Å². The summed E-state index contributed by atoms with van der Waals surface area (Å²) >= 11 is 0. The van der Waals surface area contributed by atoms with Gasteiger partial charge in [0.1, 0.15) is 17.4 Å². The lowest BCUT2D eigenvalue weighted by Crippen LogP contribution is -1.99. The van der Waals surface area contributed by atoms with E-state index in [2.05, 4.69) is 16.2 Å². The molecule has 35 heavy (non-hydrogen) atoms. The number of benzene rings is 3. The average Bonchev–Trinajstić information content (AvgIpc) is 3.46. The summed E-state index contributed by atoms with van der Waals surface area (Å²) in [6.07, 6.45) is 6.84. The monoisotopic (exact) mass is 449 g/mol. The Morgan fingerprint density at radius 3 is 2.34 bits per heavy atom. The Hall–Kier alpha value is -4.97. The number of aromatic amines is 1. The summed E-state index contributed by atoms with van der Waals surface area (Å²) in [5.41, 5.74) is 7.22. The zero-order valence-electron chi connectivity index (χ0n) is 18.5. The molecular weight excluding hydrogens is 432 g/mol. The average molecular weight is 449 g/mol. The van der Waals surface area contributed by atoms with E-state index in [1.54, 1.807) is 0 Å². The molecule has 0 saturated heterocycles. The first-order valence-corrected chi connectivity index (χ1v) is 11.3. The van der Waals surface area contributed by atoms with Crippen LogP contribution in [-0.2, 0) is 0 Å². The van der Waals surface area contributed by atoms with E-state index < -0.39 is 0 Å². The molecule has 0 unspecified atom stereocenters. The molecule has 1 radical (unpaired) electrons. The standard InChI is InChI=1S/C29H17N6/c1-3-8-21-18(6-1)11-13-24(33-21)26-17-31-25-14-12-20(23-10-5-15-30-23)27(28(25)34-26)29-32-16-19-7-2-4-9-22(19)35-29/h1-16,30H. The fourth-order valence-electron chi connectivity index (χ4n) is 4.39. The number of fused-ring (bicyclic) bond motifs is 3. The first kappa shape index (κ1) is 19.5. The van der Waals surface area contributed by atoms with Gasteiger partial charge in [0.05, 0.1) is 27.8 Å². The zero-order valence-corrected chi connectivity index (χ0v) is 18.5. The van der Waals surface area contributed by atoms with E-state index in [1.807, 2.05) is 97.3 Å². The minimum atomic E-state index is 0.578. The van der Waals surface area contributed by atoms with Crippen LogP contribution in [0.1, 0.15) is 0 Å². The Balaban J connectivity index is 1.51. The van der Waals surface area contributed by atoms with Crippen molar-refractivity contribution in [2.24, 2.45) is 0 Å². The summed E-state index contributed by atoms with van der Waals surface area (Å²) in [7, 11) is 0. The van der Waals surface area contributed by atoms with Crippen molar-refractivity contribution in [3.05, 3.63) is 104 Å². The van der Waals surface area contributed by atoms with Crippen molar-refractivity contribution < 1.29 is 0 Å². The van der Waals surface area contributed by atoms with Crippen LogP contribution in [0.25, 0.3) is 66.9 Å². The van der Waals surface area contributed by atoms with Gasteiger partial charge >= 0.3 is 0 Å². The van der Waals surface area contributed by atoms with Gasteiger partial charge in [-0.3, -0.25) is 0 Å². The molecule has 4 heterocycles. The molecule has 7 rings (SSSR count).